The summed E-state index contributed by atoms with van der Waals surface area (Å²) >= 11 is 0. The van der Waals surface area contributed by atoms with Gasteiger partial charge in [0, 0.05) is 6.42 Å². The maximum absolute atomic E-state index is 12.9. The number of allylic oxidation sites excluding steroid dienone is 27. The monoisotopic (exact) mass is 1040 g/mol. The van der Waals surface area contributed by atoms with Crippen molar-refractivity contribution < 1.29 is 32.9 Å². The number of phosphoric acid groups is 1. The standard InChI is InChI=1S/C65H105N2O6P/c1-6-8-10-12-14-16-18-20-21-22-23-24-25-26-27-28-29-30-31-32-33-34-35-36-37-38-39-40-41-42-43-44-45-47-49-51-53-55-57-59-65(69)66-63(62-73-74(70,71)72-61-60-67(3,4)5)64(68)58-56-54-52-50-48-46-19-17-15-13-11-9-7-2/h8,10,14-17,20-21,23-24,26-27,29-30,32-33,35-36,38-39,41-42,44-45,48,50,56,58,63-64,68H,6-7,9,11-13,18-19,22,25,28,31,34,37,40,43,46-47,49,51-55,57,59-62H2,1-5H3,(H-,66,69,70,71)/p+1/b10-8-,16-14-,17-15+,21-20-,24-23-,27-26-,30-29-,33-32-,36-35-,39-38-,42-41-,45-44-,50-48+,58-56+. The molecule has 0 radical (unpaired) electrons. The first-order chi connectivity index (χ1) is 36.0. The predicted octanol–water partition coefficient (Wildman–Crippen LogP) is 17.6. The molecule has 0 fully saturated rings. The van der Waals surface area contributed by atoms with Crippen molar-refractivity contribution in [1.29, 1.82) is 0 Å². The summed E-state index contributed by atoms with van der Waals surface area (Å²) in [5, 5.41) is 13.8. The predicted molar refractivity (Wildman–Crippen MR) is 322 cm³/mol. The van der Waals surface area contributed by atoms with Crippen LogP contribution in [0.4, 0.5) is 0 Å². The van der Waals surface area contributed by atoms with Crippen LogP contribution in [-0.2, 0) is 18.4 Å². The summed E-state index contributed by atoms with van der Waals surface area (Å²) in [6, 6.07) is -0.892. The third-order valence-electron chi connectivity index (χ3n) is 11.4. The van der Waals surface area contributed by atoms with Gasteiger partial charge in [0.05, 0.1) is 39.9 Å². The van der Waals surface area contributed by atoms with E-state index < -0.39 is 20.0 Å². The quantitative estimate of drug-likeness (QED) is 0.0243. The first-order valence-corrected chi connectivity index (χ1v) is 30.0. The number of aliphatic hydroxyl groups excluding tert-OH is 1. The highest BCUT2D eigenvalue weighted by Gasteiger charge is 2.27. The Morgan fingerprint density at radius 3 is 1.24 bits per heavy atom. The van der Waals surface area contributed by atoms with Crippen molar-refractivity contribution in [3.05, 3.63) is 170 Å². The number of unbranched alkanes of at least 4 members (excludes halogenated alkanes) is 10. The van der Waals surface area contributed by atoms with Crippen LogP contribution in [0.1, 0.15) is 181 Å². The fourth-order valence-corrected chi connectivity index (χ4v) is 7.69. The van der Waals surface area contributed by atoms with Crippen LogP contribution in [0, 0.1) is 0 Å². The molecule has 0 saturated carbocycles. The Kier molecular flexibility index (Phi) is 50.7. The number of aliphatic hydroxyl groups is 1. The third-order valence-corrected chi connectivity index (χ3v) is 12.4. The molecule has 9 heteroatoms. The minimum Gasteiger partial charge on any atom is -0.387 e. The van der Waals surface area contributed by atoms with Crippen LogP contribution < -0.4 is 5.32 Å². The molecule has 3 unspecified atom stereocenters. The minimum absolute atomic E-state index is 0.0396. The molecule has 0 saturated heterocycles. The summed E-state index contributed by atoms with van der Waals surface area (Å²) in [6.07, 6.45) is 86.0. The van der Waals surface area contributed by atoms with E-state index in [4.69, 9.17) is 9.05 Å². The lowest BCUT2D eigenvalue weighted by molar-refractivity contribution is -0.870. The summed E-state index contributed by atoms with van der Waals surface area (Å²) in [6.45, 7) is 4.58. The number of phosphoric ester groups is 1. The highest BCUT2D eigenvalue weighted by Crippen LogP contribution is 2.43. The number of carbonyl (C=O) groups is 1. The van der Waals surface area contributed by atoms with Crippen LogP contribution in [0.5, 0.6) is 0 Å². The van der Waals surface area contributed by atoms with E-state index in [1.807, 2.05) is 27.2 Å². The molecule has 416 valence electrons. The van der Waals surface area contributed by atoms with Gasteiger partial charge in [0.2, 0.25) is 5.91 Å². The van der Waals surface area contributed by atoms with E-state index in [9.17, 15) is 19.4 Å². The maximum atomic E-state index is 12.9. The molecule has 0 bridgehead atoms. The average molecular weight is 1040 g/mol. The second-order valence-corrected chi connectivity index (χ2v) is 21.0. The van der Waals surface area contributed by atoms with Gasteiger partial charge in [-0.15, -0.1) is 0 Å². The van der Waals surface area contributed by atoms with Crippen LogP contribution >= 0.6 is 7.82 Å². The highest BCUT2D eigenvalue weighted by molar-refractivity contribution is 7.47. The lowest BCUT2D eigenvalue weighted by Crippen LogP contribution is -2.45. The number of nitrogens with one attached hydrogen (secondary N) is 1. The van der Waals surface area contributed by atoms with Crippen molar-refractivity contribution in [2.75, 3.05) is 40.9 Å². The van der Waals surface area contributed by atoms with E-state index in [1.165, 1.54) is 19.3 Å². The maximum Gasteiger partial charge on any atom is 0.472 e. The first kappa shape index (κ1) is 69.9. The van der Waals surface area contributed by atoms with Crippen molar-refractivity contribution >= 4 is 13.7 Å². The fourth-order valence-electron chi connectivity index (χ4n) is 6.96. The Morgan fingerprint density at radius 1 is 0.473 bits per heavy atom. The number of hydrogen-bond acceptors (Lipinski definition) is 5. The van der Waals surface area contributed by atoms with Crippen molar-refractivity contribution in [1.82, 2.24) is 5.32 Å². The Balaban J connectivity index is 4.24. The summed E-state index contributed by atoms with van der Waals surface area (Å²) < 4.78 is 23.6. The van der Waals surface area contributed by atoms with Crippen LogP contribution in [0.3, 0.4) is 0 Å². The summed E-state index contributed by atoms with van der Waals surface area (Å²) in [5.41, 5.74) is 0. The average Bonchev–Trinajstić information content (AvgIpc) is 3.36. The van der Waals surface area contributed by atoms with Crippen LogP contribution in [0.2, 0.25) is 0 Å². The second kappa shape index (κ2) is 53.7. The van der Waals surface area contributed by atoms with Crippen LogP contribution in [0.25, 0.3) is 0 Å². The Morgan fingerprint density at radius 2 is 0.824 bits per heavy atom. The second-order valence-electron chi connectivity index (χ2n) is 19.6. The molecule has 0 aliphatic carbocycles. The largest absolute Gasteiger partial charge is 0.472 e. The number of rotatable bonds is 49. The molecule has 3 N–H and O–H groups in total. The molecule has 1 amide bonds. The van der Waals surface area contributed by atoms with Gasteiger partial charge in [-0.1, -0.05) is 216 Å². The highest BCUT2D eigenvalue weighted by atomic mass is 31.2. The van der Waals surface area contributed by atoms with Crippen molar-refractivity contribution in [3.8, 4) is 0 Å². The van der Waals surface area contributed by atoms with Gasteiger partial charge in [-0.05, 0) is 128 Å². The lowest BCUT2D eigenvalue weighted by Gasteiger charge is -2.25. The zero-order valence-electron chi connectivity index (χ0n) is 47.2. The molecule has 74 heavy (non-hydrogen) atoms. The number of amides is 1. The van der Waals surface area contributed by atoms with Crippen molar-refractivity contribution in [2.24, 2.45) is 0 Å². The van der Waals surface area contributed by atoms with Gasteiger partial charge in [0.1, 0.15) is 13.2 Å². The molecule has 0 aromatic heterocycles. The Bertz CT molecular complexity index is 1800. The molecule has 0 rings (SSSR count). The number of hydrogen-bond donors (Lipinski definition) is 3. The summed E-state index contributed by atoms with van der Waals surface area (Å²) in [5.74, 6) is -0.220. The zero-order valence-corrected chi connectivity index (χ0v) is 48.1. The number of likely N-dealkylation sites (N-methyl/N-ethyl adjacent to an activating group) is 1. The van der Waals surface area contributed by atoms with E-state index in [2.05, 4.69) is 177 Å². The molecule has 3 atom stereocenters. The number of nitrogens with zero attached hydrogens (tertiary/aromatic N) is 1. The van der Waals surface area contributed by atoms with Crippen molar-refractivity contribution in [2.45, 2.75) is 193 Å². The van der Waals surface area contributed by atoms with Crippen molar-refractivity contribution in [3.63, 3.8) is 0 Å². The number of carbonyl (C=O) groups excluding carboxylic acids is 1. The minimum atomic E-state index is -4.37. The molecular formula is C65H106N2O6P+. The fraction of sp³-hybridized carbons (Fsp3) is 0.554. The first-order valence-electron chi connectivity index (χ1n) is 28.5. The van der Waals surface area contributed by atoms with Gasteiger partial charge in [-0.2, -0.15) is 0 Å². The Labute approximate surface area is 453 Å². The van der Waals surface area contributed by atoms with E-state index in [0.29, 0.717) is 17.4 Å². The molecule has 0 aliphatic rings. The third kappa shape index (κ3) is 55.6. The molecule has 0 aliphatic heterocycles. The van der Waals surface area contributed by atoms with Gasteiger partial charge < -0.3 is 19.8 Å². The molecule has 0 spiro atoms. The topological polar surface area (TPSA) is 105 Å². The molecular weight excluding hydrogens is 936 g/mol. The molecule has 8 nitrogen and oxygen atoms in total. The van der Waals surface area contributed by atoms with Gasteiger partial charge in [0.25, 0.3) is 0 Å². The molecule has 0 heterocycles. The summed E-state index contributed by atoms with van der Waals surface area (Å²) in [4.78, 5) is 23.2. The smallest absolute Gasteiger partial charge is 0.387 e. The van der Waals surface area contributed by atoms with Crippen LogP contribution in [0.15, 0.2) is 170 Å². The van der Waals surface area contributed by atoms with Gasteiger partial charge in [-0.3, -0.25) is 13.8 Å². The van der Waals surface area contributed by atoms with Crippen LogP contribution in [-0.4, -0.2) is 73.4 Å². The van der Waals surface area contributed by atoms with E-state index in [-0.39, 0.29) is 19.1 Å². The lowest BCUT2D eigenvalue weighted by atomic mass is 10.1. The molecule has 0 aromatic rings. The van der Waals surface area contributed by atoms with Gasteiger partial charge in [0.15, 0.2) is 0 Å². The van der Waals surface area contributed by atoms with E-state index in [1.54, 1.807) is 6.08 Å². The van der Waals surface area contributed by atoms with E-state index >= 15 is 0 Å². The summed E-state index contributed by atoms with van der Waals surface area (Å²) in [7, 11) is 1.50. The normalized spacial score (nSPS) is 15.2. The zero-order chi connectivity index (χ0) is 54.2. The van der Waals surface area contributed by atoms with Gasteiger partial charge in [-0.25, -0.2) is 4.57 Å². The Hall–Kier alpha value is -4.14. The molecule has 0 aromatic carbocycles. The number of quaternary nitrogens is 1. The van der Waals surface area contributed by atoms with Gasteiger partial charge >= 0.3 is 7.82 Å². The SMILES string of the molecule is CC/C=C\C/C=C\C/C=C\C/C=C\C/C=C\C/C=C\C/C=C\C/C=C\C/C=C\C/C=C\C/C=C\CCCCCCCC(=O)NC(COP(=O)(O)OCC[N+](C)(C)C)C(O)/C=C/CC/C=C/CC/C=C/CCCCC. The van der Waals surface area contributed by atoms with E-state index in [0.717, 1.165) is 141 Å².